The number of carbonyl (C=O) groups is 2. The number of piperazine rings is 2. The number of carbonyl (C=O) groups excluding carboxylic acids is 2. The average Bonchev–Trinajstić information content (AvgIpc) is 2.81. The van der Waals surface area contributed by atoms with Gasteiger partial charge in [0.05, 0.1) is 52.4 Å². The van der Waals surface area contributed by atoms with Gasteiger partial charge in [-0.15, -0.1) is 0 Å². The third kappa shape index (κ3) is 5.48. The summed E-state index contributed by atoms with van der Waals surface area (Å²) in [6, 6.07) is 16.3. The van der Waals surface area contributed by atoms with Crippen LogP contribution in [0.2, 0.25) is 0 Å². The molecule has 31 heavy (non-hydrogen) atoms. The Balaban J connectivity index is 1.20. The lowest BCUT2D eigenvalue weighted by Gasteiger charge is -2.35. The van der Waals surface area contributed by atoms with Gasteiger partial charge in [0.15, 0.2) is 6.54 Å². The Hall–Kier alpha value is -2.77. The van der Waals surface area contributed by atoms with Crippen LogP contribution in [0.15, 0.2) is 54.6 Å². The Morgan fingerprint density at radius 2 is 1.35 bits per heavy atom. The SMILES string of the molecule is O=C(C[NH+]1CCN(C(=O)c2ccccc2)CC1)N1CC[NH+](Cc2ccccc2F)CC1. The average molecular weight is 427 g/mol. The maximum absolute atomic E-state index is 13.9. The summed E-state index contributed by atoms with van der Waals surface area (Å²) in [4.78, 5) is 31.7. The maximum atomic E-state index is 13.9. The normalized spacial score (nSPS) is 18.2. The van der Waals surface area contributed by atoms with Crippen LogP contribution < -0.4 is 9.80 Å². The molecular formula is C24H31FN4O2+2. The number of amides is 2. The van der Waals surface area contributed by atoms with E-state index in [2.05, 4.69) is 0 Å². The van der Waals surface area contributed by atoms with Crippen LogP contribution in [0.5, 0.6) is 0 Å². The minimum absolute atomic E-state index is 0.0694. The molecule has 4 rings (SSSR count). The summed E-state index contributed by atoms with van der Waals surface area (Å²) in [5.74, 6) is 0.102. The molecule has 0 saturated carbocycles. The topological polar surface area (TPSA) is 49.5 Å². The van der Waals surface area contributed by atoms with Crippen molar-refractivity contribution in [2.45, 2.75) is 6.54 Å². The first kappa shape index (κ1) is 21.5. The molecule has 0 aromatic heterocycles. The molecule has 0 unspecified atom stereocenters. The molecule has 2 aromatic carbocycles. The van der Waals surface area contributed by atoms with Gasteiger partial charge >= 0.3 is 0 Å². The molecule has 7 heteroatoms. The van der Waals surface area contributed by atoms with E-state index >= 15 is 0 Å². The van der Waals surface area contributed by atoms with E-state index in [1.165, 1.54) is 15.9 Å². The molecule has 2 aliphatic rings. The van der Waals surface area contributed by atoms with Crippen molar-refractivity contribution in [2.75, 3.05) is 58.9 Å². The van der Waals surface area contributed by atoms with Crippen LogP contribution in [0.4, 0.5) is 4.39 Å². The predicted octanol–water partition coefficient (Wildman–Crippen LogP) is -0.906. The van der Waals surface area contributed by atoms with E-state index in [4.69, 9.17) is 0 Å². The van der Waals surface area contributed by atoms with Gasteiger partial charge in [-0.25, -0.2) is 4.39 Å². The molecule has 2 amide bonds. The molecule has 2 heterocycles. The molecule has 2 aromatic rings. The summed E-state index contributed by atoms with van der Waals surface area (Å²) >= 11 is 0. The zero-order valence-electron chi connectivity index (χ0n) is 17.9. The molecule has 6 nitrogen and oxygen atoms in total. The van der Waals surface area contributed by atoms with E-state index in [0.717, 1.165) is 37.3 Å². The van der Waals surface area contributed by atoms with Crippen LogP contribution in [-0.4, -0.2) is 80.5 Å². The Kier molecular flexibility index (Phi) is 6.94. The summed E-state index contributed by atoms with van der Waals surface area (Å²) in [6.07, 6.45) is 0. The fourth-order valence-electron chi connectivity index (χ4n) is 4.45. The van der Waals surface area contributed by atoms with Gasteiger partial charge in [0.25, 0.3) is 11.8 Å². The quantitative estimate of drug-likeness (QED) is 0.651. The number of halogens is 1. The van der Waals surface area contributed by atoms with Crippen LogP contribution in [0.3, 0.4) is 0 Å². The number of quaternary nitrogens is 2. The summed E-state index contributed by atoms with van der Waals surface area (Å²) in [6.45, 7) is 7.21. The Morgan fingerprint density at radius 3 is 2.03 bits per heavy atom. The minimum Gasteiger partial charge on any atom is -0.328 e. The zero-order chi connectivity index (χ0) is 21.6. The lowest BCUT2D eigenvalue weighted by atomic mass is 10.1. The van der Waals surface area contributed by atoms with Gasteiger partial charge in [-0.1, -0.05) is 36.4 Å². The molecule has 164 valence electrons. The first-order chi connectivity index (χ1) is 15.1. The lowest BCUT2D eigenvalue weighted by Crippen LogP contribution is -3.16. The van der Waals surface area contributed by atoms with E-state index in [1.807, 2.05) is 52.3 Å². The molecule has 2 saturated heterocycles. The minimum atomic E-state index is -0.151. The number of nitrogens with one attached hydrogen (secondary N) is 2. The van der Waals surface area contributed by atoms with Gasteiger partial charge in [-0.05, 0) is 18.2 Å². The first-order valence-electron chi connectivity index (χ1n) is 11.1. The number of benzene rings is 2. The van der Waals surface area contributed by atoms with E-state index in [-0.39, 0.29) is 17.6 Å². The highest BCUT2D eigenvalue weighted by molar-refractivity contribution is 5.94. The molecule has 0 radical (unpaired) electrons. The monoisotopic (exact) mass is 426 g/mol. The van der Waals surface area contributed by atoms with Crippen molar-refractivity contribution in [3.8, 4) is 0 Å². The maximum Gasteiger partial charge on any atom is 0.278 e. The van der Waals surface area contributed by atoms with Crippen LogP contribution in [0, 0.1) is 5.82 Å². The smallest absolute Gasteiger partial charge is 0.278 e. The Bertz CT molecular complexity index is 891. The second kappa shape index (κ2) is 10.0. The molecule has 2 aliphatic heterocycles. The molecule has 0 atom stereocenters. The first-order valence-corrected chi connectivity index (χ1v) is 11.1. The zero-order valence-corrected chi connectivity index (χ0v) is 17.9. The summed E-state index contributed by atoms with van der Waals surface area (Å²) in [5.41, 5.74) is 1.46. The number of hydrogen-bond donors (Lipinski definition) is 2. The van der Waals surface area contributed by atoms with Crippen molar-refractivity contribution in [1.82, 2.24) is 9.80 Å². The third-order valence-corrected chi connectivity index (χ3v) is 6.40. The van der Waals surface area contributed by atoms with Gasteiger partial charge in [-0.3, -0.25) is 9.59 Å². The lowest BCUT2D eigenvalue weighted by molar-refractivity contribution is -0.918. The largest absolute Gasteiger partial charge is 0.328 e. The summed E-state index contributed by atoms with van der Waals surface area (Å²) < 4.78 is 13.9. The molecule has 2 fully saturated rings. The standard InChI is InChI=1S/C24H29FN4O2/c25-22-9-5-4-8-21(22)18-26-10-14-28(15-11-26)23(30)19-27-12-16-29(17-13-27)24(31)20-6-2-1-3-7-20/h1-9H,10-19H2/p+2. The molecule has 0 bridgehead atoms. The summed E-state index contributed by atoms with van der Waals surface area (Å²) in [5, 5.41) is 0. The highest BCUT2D eigenvalue weighted by atomic mass is 19.1. The van der Waals surface area contributed by atoms with Crippen molar-refractivity contribution in [2.24, 2.45) is 0 Å². The van der Waals surface area contributed by atoms with Crippen molar-refractivity contribution in [3.63, 3.8) is 0 Å². The van der Waals surface area contributed by atoms with Crippen molar-refractivity contribution in [3.05, 3.63) is 71.5 Å². The van der Waals surface area contributed by atoms with Crippen molar-refractivity contribution in [1.29, 1.82) is 0 Å². The van der Waals surface area contributed by atoms with Gasteiger partial charge < -0.3 is 19.6 Å². The second-order valence-corrected chi connectivity index (χ2v) is 8.48. The predicted molar refractivity (Wildman–Crippen MR) is 115 cm³/mol. The van der Waals surface area contributed by atoms with E-state index < -0.39 is 0 Å². The van der Waals surface area contributed by atoms with Crippen LogP contribution in [-0.2, 0) is 11.3 Å². The van der Waals surface area contributed by atoms with Gasteiger partial charge in [0.2, 0.25) is 0 Å². The molecule has 0 spiro atoms. The summed E-state index contributed by atoms with van der Waals surface area (Å²) in [7, 11) is 0. The highest BCUT2D eigenvalue weighted by Crippen LogP contribution is 2.06. The molecule has 0 aliphatic carbocycles. The fourth-order valence-corrected chi connectivity index (χ4v) is 4.45. The van der Waals surface area contributed by atoms with E-state index in [9.17, 15) is 14.0 Å². The number of hydrogen-bond acceptors (Lipinski definition) is 2. The van der Waals surface area contributed by atoms with Crippen molar-refractivity contribution >= 4 is 11.8 Å². The van der Waals surface area contributed by atoms with Gasteiger partial charge in [-0.2, -0.15) is 0 Å². The third-order valence-electron chi connectivity index (χ3n) is 6.40. The van der Waals surface area contributed by atoms with Crippen LogP contribution in [0.1, 0.15) is 15.9 Å². The van der Waals surface area contributed by atoms with Crippen LogP contribution in [0.25, 0.3) is 0 Å². The Labute approximate surface area is 182 Å². The van der Waals surface area contributed by atoms with E-state index in [1.54, 1.807) is 6.07 Å². The molecular weight excluding hydrogens is 395 g/mol. The number of rotatable bonds is 5. The van der Waals surface area contributed by atoms with E-state index in [0.29, 0.717) is 39.3 Å². The Morgan fingerprint density at radius 1 is 0.774 bits per heavy atom. The van der Waals surface area contributed by atoms with Crippen molar-refractivity contribution < 1.29 is 23.8 Å². The second-order valence-electron chi connectivity index (χ2n) is 8.48. The van der Waals surface area contributed by atoms with Gasteiger partial charge in [0, 0.05) is 11.1 Å². The van der Waals surface area contributed by atoms with Gasteiger partial charge in [0.1, 0.15) is 12.4 Å². The fraction of sp³-hybridized carbons (Fsp3) is 0.417. The number of nitrogens with zero attached hydrogens (tertiary/aromatic N) is 2. The van der Waals surface area contributed by atoms with Crippen LogP contribution >= 0.6 is 0 Å². The molecule has 2 N–H and O–H groups in total. The highest BCUT2D eigenvalue weighted by Gasteiger charge is 2.30.